The molecule has 2 N–H and O–H groups in total. The molecular weight excluding hydrogens is 269 g/mol. The number of hydrogen-bond donors (Lipinski definition) is 2. The van der Waals surface area contributed by atoms with Crippen LogP contribution in [0.4, 0.5) is 4.39 Å². The molecule has 0 aliphatic heterocycles. The lowest BCUT2D eigenvalue weighted by atomic mass is 10.2. The average molecular weight is 283 g/mol. The van der Waals surface area contributed by atoms with Gasteiger partial charge in [-0.05, 0) is 18.2 Å². The highest BCUT2D eigenvalue weighted by atomic mass is 32.2. The molecule has 2 aromatic rings. The number of oxazole rings is 1. The zero-order valence-electron chi connectivity index (χ0n) is 10.1. The average Bonchev–Trinajstić information content (AvgIpc) is 2.87. The minimum absolute atomic E-state index is 0.250. The molecule has 0 spiro atoms. The third-order valence-electron chi connectivity index (χ3n) is 2.39. The molecule has 1 unspecified atom stereocenters. The van der Waals surface area contributed by atoms with Crippen molar-refractivity contribution in [3.05, 3.63) is 42.0 Å². The van der Waals surface area contributed by atoms with Gasteiger partial charge in [-0.2, -0.15) is 11.8 Å². The number of nitrogens with zero attached hydrogens (tertiary/aromatic N) is 1. The van der Waals surface area contributed by atoms with Gasteiger partial charge in [0.15, 0.2) is 0 Å². The Hall–Kier alpha value is -1.37. The van der Waals surface area contributed by atoms with Gasteiger partial charge in [0, 0.05) is 17.1 Å². The van der Waals surface area contributed by atoms with E-state index in [0.29, 0.717) is 23.0 Å². The Kier molecular flexibility index (Phi) is 4.95. The van der Waals surface area contributed by atoms with Gasteiger partial charge >= 0.3 is 0 Å². The second-order valence-corrected chi connectivity index (χ2v) is 5.04. The van der Waals surface area contributed by atoms with Crippen molar-refractivity contribution in [3.63, 3.8) is 0 Å². The molecule has 0 fully saturated rings. The number of benzene rings is 1. The van der Waals surface area contributed by atoms with Crippen LogP contribution in [-0.4, -0.2) is 33.7 Å². The Balaban J connectivity index is 1.95. The quantitative estimate of drug-likeness (QED) is 0.849. The molecule has 0 saturated heterocycles. The molecule has 1 aromatic heterocycles. The first-order valence-electron chi connectivity index (χ1n) is 5.76. The Bertz CT molecular complexity index is 532. The van der Waals surface area contributed by atoms with E-state index in [1.54, 1.807) is 12.1 Å². The Labute approximate surface area is 114 Å². The van der Waals surface area contributed by atoms with E-state index in [1.165, 1.54) is 30.2 Å². The van der Waals surface area contributed by atoms with Gasteiger partial charge < -0.3 is 14.6 Å². The maximum absolute atomic E-state index is 13.1. The summed E-state index contributed by atoms with van der Waals surface area (Å²) in [5.74, 6) is 1.03. The largest absolute Gasteiger partial charge is 0.444 e. The van der Waals surface area contributed by atoms with Gasteiger partial charge in [0.1, 0.15) is 12.1 Å². The molecule has 19 heavy (non-hydrogen) atoms. The fourth-order valence-electron chi connectivity index (χ4n) is 1.48. The van der Waals surface area contributed by atoms with Crippen LogP contribution in [0.2, 0.25) is 0 Å². The van der Waals surface area contributed by atoms with E-state index in [0.717, 1.165) is 5.69 Å². The molecular formula is C13H14FNO3S. The van der Waals surface area contributed by atoms with Crippen LogP contribution >= 0.6 is 11.8 Å². The van der Waals surface area contributed by atoms with Crippen LogP contribution in [-0.2, 0) is 5.75 Å². The number of thioether (sulfide) groups is 1. The zero-order chi connectivity index (χ0) is 13.7. The van der Waals surface area contributed by atoms with Crippen LogP contribution in [0, 0.1) is 5.82 Å². The predicted octanol–water partition coefficient (Wildman–Crippen LogP) is 2.07. The lowest BCUT2D eigenvalue weighted by Gasteiger charge is -2.04. The van der Waals surface area contributed by atoms with E-state index in [9.17, 15) is 9.50 Å². The van der Waals surface area contributed by atoms with E-state index in [2.05, 4.69) is 4.98 Å². The van der Waals surface area contributed by atoms with E-state index in [4.69, 9.17) is 9.52 Å². The predicted molar refractivity (Wildman–Crippen MR) is 71.2 cm³/mol. The molecule has 1 atom stereocenters. The number of rotatable bonds is 6. The summed E-state index contributed by atoms with van der Waals surface area (Å²) in [5.41, 5.74) is 1.31. The topological polar surface area (TPSA) is 66.5 Å². The second-order valence-electron chi connectivity index (χ2n) is 4.01. The third kappa shape index (κ3) is 4.05. The van der Waals surface area contributed by atoms with Crippen LogP contribution in [0.1, 0.15) is 5.69 Å². The number of hydrogen-bond acceptors (Lipinski definition) is 5. The molecule has 0 aliphatic rings. The van der Waals surface area contributed by atoms with Gasteiger partial charge in [0.25, 0.3) is 0 Å². The fraction of sp³-hybridized carbons (Fsp3) is 0.308. The van der Waals surface area contributed by atoms with Crippen molar-refractivity contribution in [1.29, 1.82) is 0 Å². The van der Waals surface area contributed by atoms with E-state index >= 15 is 0 Å². The first-order chi connectivity index (χ1) is 9.19. The van der Waals surface area contributed by atoms with Crippen molar-refractivity contribution in [3.8, 4) is 11.5 Å². The molecule has 6 heteroatoms. The summed E-state index contributed by atoms with van der Waals surface area (Å²) < 4.78 is 18.4. The molecule has 4 nitrogen and oxygen atoms in total. The van der Waals surface area contributed by atoms with E-state index in [1.807, 2.05) is 0 Å². The van der Waals surface area contributed by atoms with Crippen LogP contribution in [0.3, 0.4) is 0 Å². The minimum atomic E-state index is -0.723. The van der Waals surface area contributed by atoms with Crippen LogP contribution in [0.15, 0.2) is 34.9 Å². The monoisotopic (exact) mass is 283 g/mol. The summed E-state index contributed by atoms with van der Waals surface area (Å²) in [6.07, 6.45) is 0.790. The summed E-state index contributed by atoms with van der Waals surface area (Å²) in [7, 11) is 0. The highest BCUT2D eigenvalue weighted by molar-refractivity contribution is 7.98. The standard InChI is InChI=1S/C13H14FNO3S/c14-10-3-1-2-9(4-10)13-15-11(6-18-13)7-19-8-12(17)5-16/h1-4,6,12,16-17H,5,7-8H2. The first-order valence-corrected chi connectivity index (χ1v) is 6.91. The van der Waals surface area contributed by atoms with Gasteiger partial charge in [0.05, 0.1) is 18.4 Å². The summed E-state index contributed by atoms with van der Waals surface area (Å²) >= 11 is 1.44. The summed E-state index contributed by atoms with van der Waals surface area (Å²) in [5, 5.41) is 17.9. The van der Waals surface area contributed by atoms with Crippen LogP contribution < -0.4 is 0 Å². The van der Waals surface area contributed by atoms with Crippen molar-refractivity contribution in [2.24, 2.45) is 0 Å². The molecule has 0 saturated carbocycles. The Morgan fingerprint density at radius 3 is 3.00 bits per heavy atom. The summed E-state index contributed by atoms with van der Waals surface area (Å²) in [6, 6.07) is 6.04. The van der Waals surface area contributed by atoms with Crippen LogP contribution in [0.25, 0.3) is 11.5 Å². The highest BCUT2D eigenvalue weighted by Crippen LogP contribution is 2.21. The number of halogens is 1. The molecule has 0 aliphatic carbocycles. The molecule has 102 valence electrons. The molecule has 1 aromatic carbocycles. The highest BCUT2D eigenvalue weighted by Gasteiger charge is 2.08. The number of aliphatic hydroxyl groups excluding tert-OH is 2. The minimum Gasteiger partial charge on any atom is -0.444 e. The second kappa shape index (κ2) is 6.70. The van der Waals surface area contributed by atoms with Crippen molar-refractivity contribution in [2.45, 2.75) is 11.9 Å². The van der Waals surface area contributed by atoms with Crippen molar-refractivity contribution < 1.29 is 19.0 Å². The Morgan fingerprint density at radius 2 is 2.26 bits per heavy atom. The summed E-state index contributed by atoms with van der Waals surface area (Å²) in [6.45, 7) is -0.250. The maximum atomic E-state index is 13.1. The molecule has 2 rings (SSSR count). The number of aliphatic hydroxyl groups is 2. The fourth-order valence-corrected chi connectivity index (χ4v) is 2.32. The van der Waals surface area contributed by atoms with Crippen molar-refractivity contribution in [1.82, 2.24) is 4.98 Å². The first kappa shape index (κ1) is 14.0. The lowest BCUT2D eigenvalue weighted by molar-refractivity contribution is 0.113. The smallest absolute Gasteiger partial charge is 0.226 e. The van der Waals surface area contributed by atoms with E-state index in [-0.39, 0.29) is 12.4 Å². The van der Waals surface area contributed by atoms with Gasteiger partial charge in [-0.1, -0.05) is 6.07 Å². The zero-order valence-corrected chi connectivity index (χ0v) is 10.9. The van der Waals surface area contributed by atoms with Crippen molar-refractivity contribution >= 4 is 11.8 Å². The van der Waals surface area contributed by atoms with Gasteiger partial charge in [-0.25, -0.2) is 9.37 Å². The molecule has 0 bridgehead atoms. The normalized spacial score (nSPS) is 12.6. The molecule has 0 amide bonds. The molecule has 0 radical (unpaired) electrons. The SMILES string of the molecule is OCC(O)CSCc1coc(-c2cccc(F)c2)n1. The number of aromatic nitrogens is 1. The Morgan fingerprint density at radius 1 is 1.42 bits per heavy atom. The van der Waals surface area contributed by atoms with Crippen molar-refractivity contribution in [2.75, 3.05) is 12.4 Å². The lowest BCUT2D eigenvalue weighted by Crippen LogP contribution is -2.14. The van der Waals surface area contributed by atoms with Gasteiger partial charge in [-0.15, -0.1) is 0 Å². The van der Waals surface area contributed by atoms with Gasteiger partial charge in [0.2, 0.25) is 5.89 Å². The maximum Gasteiger partial charge on any atom is 0.226 e. The van der Waals surface area contributed by atoms with E-state index < -0.39 is 6.10 Å². The molecule has 1 heterocycles. The van der Waals surface area contributed by atoms with Crippen LogP contribution in [0.5, 0.6) is 0 Å². The van der Waals surface area contributed by atoms with Gasteiger partial charge in [-0.3, -0.25) is 0 Å². The third-order valence-corrected chi connectivity index (χ3v) is 3.51. The summed E-state index contributed by atoms with van der Waals surface area (Å²) in [4.78, 5) is 4.25.